The highest BCUT2D eigenvalue weighted by Crippen LogP contribution is 2.29. The van der Waals surface area contributed by atoms with E-state index >= 15 is 0 Å². The van der Waals surface area contributed by atoms with Crippen molar-refractivity contribution in [1.82, 2.24) is 4.98 Å². The van der Waals surface area contributed by atoms with Gasteiger partial charge in [0.2, 0.25) is 0 Å². The number of carbonyl (C=O) groups is 2. The largest absolute Gasteiger partial charge is 0.493 e. The van der Waals surface area contributed by atoms with Crippen LogP contribution < -0.4 is 9.47 Å². The first kappa shape index (κ1) is 22.4. The molecule has 0 N–H and O–H groups in total. The number of aromatic nitrogens is 1. The molecule has 4 rings (SSSR count). The maximum Gasteiger partial charge on any atom is 0.338 e. The first-order valence-electron chi connectivity index (χ1n) is 10.1. The number of fused-ring (bicyclic) bond motifs is 1. The molecule has 8 heteroatoms. The average molecular weight is 464 g/mol. The van der Waals surface area contributed by atoms with E-state index in [9.17, 15) is 9.59 Å². The van der Waals surface area contributed by atoms with Gasteiger partial charge in [0.05, 0.1) is 19.8 Å². The molecule has 0 aliphatic rings. The van der Waals surface area contributed by atoms with Crippen molar-refractivity contribution in [3.8, 4) is 11.5 Å². The Hall–Kier alpha value is -3.78. The van der Waals surface area contributed by atoms with Crippen molar-refractivity contribution in [3.63, 3.8) is 0 Å². The van der Waals surface area contributed by atoms with Crippen LogP contribution in [0.25, 0.3) is 11.1 Å². The summed E-state index contributed by atoms with van der Waals surface area (Å²) in [5.41, 5.74) is 3.00. The van der Waals surface area contributed by atoms with Crippen molar-refractivity contribution in [2.24, 2.45) is 0 Å². The van der Waals surface area contributed by atoms with Crippen molar-refractivity contribution in [3.05, 3.63) is 83.4 Å². The fourth-order valence-electron chi connectivity index (χ4n) is 3.20. The van der Waals surface area contributed by atoms with E-state index in [0.29, 0.717) is 39.2 Å². The molecule has 0 atom stereocenters. The standard InChI is InChI=1S/C25H21NO6S/c1-29-22-12-11-16(13-23(22)30-2)20(27)14-31-24(28)18-8-4-3-7-17(18)15-33-25-26-19-9-5-6-10-21(19)32-25/h3-13H,14-15H2,1-2H3. The van der Waals surface area contributed by atoms with Gasteiger partial charge in [-0.3, -0.25) is 4.79 Å². The van der Waals surface area contributed by atoms with E-state index in [-0.39, 0.29) is 12.4 Å². The van der Waals surface area contributed by atoms with Crippen molar-refractivity contribution < 1.29 is 28.2 Å². The van der Waals surface area contributed by atoms with Gasteiger partial charge >= 0.3 is 5.97 Å². The van der Waals surface area contributed by atoms with Crippen LogP contribution in [-0.2, 0) is 10.5 Å². The number of hydrogen-bond donors (Lipinski definition) is 0. The summed E-state index contributed by atoms with van der Waals surface area (Å²) in [6, 6.07) is 19.4. The topological polar surface area (TPSA) is 87.9 Å². The number of ether oxygens (including phenoxy) is 3. The minimum Gasteiger partial charge on any atom is -0.493 e. The Labute approximate surface area is 194 Å². The molecule has 0 saturated heterocycles. The van der Waals surface area contributed by atoms with Gasteiger partial charge in [0.1, 0.15) is 5.52 Å². The number of oxazole rings is 1. The number of esters is 1. The highest BCUT2D eigenvalue weighted by Gasteiger charge is 2.17. The Morgan fingerprint density at radius 1 is 0.939 bits per heavy atom. The molecule has 0 unspecified atom stereocenters. The summed E-state index contributed by atoms with van der Waals surface area (Å²) in [4.78, 5) is 29.7. The highest BCUT2D eigenvalue weighted by atomic mass is 32.2. The fraction of sp³-hybridized carbons (Fsp3) is 0.160. The van der Waals surface area contributed by atoms with Crippen LogP contribution >= 0.6 is 11.8 Å². The molecule has 0 bridgehead atoms. The van der Waals surface area contributed by atoms with Crippen molar-refractivity contribution in [2.75, 3.05) is 20.8 Å². The Morgan fingerprint density at radius 3 is 2.48 bits per heavy atom. The second kappa shape index (κ2) is 10.2. The Kier molecular flexibility index (Phi) is 6.95. The molecule has 33 heavy (non-hydrogen) atoms. The van der Waals surface area contributed by atoms with Crippen molar-refractivity contribution >= 4 is 34.6 Å². The van der Waals surface area contributed by atoms with Gasteiger partial charge in [-0.15, -0.1) is 0 Å². The zero-order valence-corrected chi connectivity index (χ0v) is 18.9. The molecular weight excluding hydrogens is 442 g/mol. The normalized spacial score (nSPS) is 10.7. The summed E-state index contributed by atoms with van der Waals surface area (Å²) in [5, 5.41) is 0.517. The first-order valence-corrected chi connectivity index (χ1v) is 11.1. The number of para-hydroxylation sites is 2. The third-order valence-electron chi connectivity index (χ3n) is 4.90. The molecule has 1 aromatic heterocycles. The highest BCUT2D eigenvalue weighted by molar-refractivity contribution is 7.98. The van der Waals surface area contributed by atoms with E-state index in [1.54, 1.807) is 30.3 Å². The second-order valence-corrected chi connectivity index (χ2v) is 7.89. The zero-order valence-electron chi connectivity index (χ0n) is 18.1. The number of Topliss-reactive ketones (excluding diaryl/α,β-unsaturated/α-hetero) is 1. The van der Waals surface area contributed by atoms with Crippen LogP contribution in [-0.4, -0.2) is 37.6 Å². The lowest BCUT2D eigenvalue weighted by Gasteiger charge is -2.10. The summed E-state index contributed by atoms with van der Waals surface area (Å²) in [6.45, 7) is -0.388. The number of hydrogen-bond acceptors (Lipinski definition) is 8. The Bertz CT molecular complexity index is 1270. The summed E-state index contributed by atoms with van der Waals surface area (Å²) < 4.78 is 21.4. The first-order chi connectivity index (χ1) is 16.1. The van der Waals surface area contributed by atoms with Gasteiger partial charge < -0.3 is 18.6 Å². The quantitative estimate of drug-likeness (QED) is 0.191. The van der Waals surface area contributed by atoms with Crippen LogP contribution in [0, 0.1) is 0 Å². The van der Waals surface area contributed by atoms with Crippen LogP contribution in [0.3, 0.4) is 0 Å². The molecule has 1 heterocycles. The third kappa shape index (κ3) is 5.18. The number of nitrogens with zero attached hydrogens (tertiary/aromatic N) is 1. The van der Waals surface area contributed by atoms with E-state index in [0.717, 1.165) is 11.1 Å². The van der Waals surface area contributed by atoms with Crippen LogP contribution in [0.4, 0.5) is 0 Å². The van der Waals surface area contributed by atoms with Crippen molar-refractivity contribution in [1.29, 1.82) is 0 Å². The predicted octanol–water partition coefficient (Wildman–Crippen LogP) is 5.18. The monoisotopic (exact) mass is 463 g/mol. The number of ketones is 1. The lowest BCUT2D eigenvalue weighted by molar-refractivity contribution is 0.0474. The number of thioether (sulfide) groups is 1. The minimum atomic E-state index is -0.572. The van der Waals surface area contributed by atoms with E-state index in [1.165, 1.54) is 26.0 Å². The molecular formula is C25H21NO6S. The fourth-order valence-corrected chi connectivity index (χ4v) is 4.04. The lowest BCUT2D eigenvalue weighted by Crippen LogP contribution is -2.15. The second-order valence-electron chi connectivity index (χ2n) is 6.96. The maximum absolute atomic E-state index is 12.7. The van der Waals surface area contributed by atoms with E-state index in [1.807, 2.05) is 36.4 Å². The molecule has 7 nitrogen and oxygen atoms in total. The summed E-state index contributed by atoms with van der Waals surface area (Å²) in [6.07, 6.45) is 0. The molecule has 0 fully saturated rings. The Morgan fingerprint density at radius 2 is 1.70 bits per heavy atom. The summed E-state index contributed by atoms with van der Waals surface area (Å²) >= 11 is 1.38. The molecule has 3 aromatic carbocycles. The number of methoxy groups -OCH3 is 2. The molecule has 0 radical (unpaired) electrons. The van der Waals surface area contributed by atoms with Crippen LogP contribution in [0.1, 0.15) is 26.3 Å². The van der Waals surface area contributed by atoms with Gasteiger partial charge in [-0.2, -0.15) is 0 Å². The van der Waals surface area contributed by atoms with Gasteiger partial charge in [-0.05, 0) is 42.0 Å². The molecule has 0 spiro atoms. The minimum absolute atomic E-state index is 0.345. The maximum atomic E-state index is 12.7. The van der Waals surface area contributed by atoms with Gasteiger partial charge in [0.25, 0.3) is 5.22 Å². The van der Waals surface area contributed by atoms with Crippen molar-refractivity contribution in [2.45, 2.75) is 11.0 Å². The molecule has 168 valence electrons. The number of benzene rings is 3. The zero-order chi connectivity index (χ0) is 23.2. The van der Waals surface area contributed by atoms with E-state index in [2.05, 4.69) is 4.98 Å². The smallest absolute Gasteiger partial charge is 0.338 e. The van der Waals surface area contributed by atoms with E-state index < -0.39 is 5.97 Å². The summed E-state index contributed by atoms with van der Waals surface area (Å²) in [5.74, 6) is 0.481. The van der Waals surface area contributed by atoms with Crippen LogP contribution in [0.2, 0.25) is 0 Å². The average Bonchev–Trinajstić information content (AvgIpc) is 3.28. The molecule has 0 saturated carbocycles. The summed E-state index contributed by atoms with van der Waals surface area (Å²) in [7, 11) is 3.00. The van der Waals surface area contributed by atoms with Gasteiger partial charge in [-0.25, -0.2) is 9.78 Å². The van der Waals surface area contributed by atoms with Gasteiger partial charge in [0, 0.05) is 11.3 Å². The third-order valence-corrected chi connectivity index (χ3v) is 5.78. The van der Waals surface area contributed by atoms with E-state index in [4.69, 9.17) is 18.6 Å². The lowest BCUT2D eigenvalue weighted by atomic mass is 10.1. The van der Waals surface area contributed by atoms with Gasteiger partial charge in [-0.1, -0.05) is 42.1 Å². The Balaban J connectivity index is 1.41. The van der Waals surface area contributed by atoms with Crippen LogP contribution in [0.5, 0.6) is 11.5 Å². The molecule has 4 aromatic rings. The molecule has 0 aliphatic heterocycles. The number of carbonyl (C=O) groups excluding carboxylic acids is 2. The molecule has 0 aliphatic carbocycles. The SMILES string of the molecule is COc1ccc(C(=O)COC(=O)c2ccccc2CSc2nc3ccccc3o2)cc1OC. The van der Waals surface area contributed by atoms with Gasteiger partial charge in [0.15, 0.2) is 29.5 Å². The number of rotatable bonds is 9. The predicted molar refractivity (Wildman–Crippen MR) is 124 cm³/mol. The molecule has 0 amide bonds. The van der Waals surface area contributed by atoms with Crippen LogP contribution in [0.15, 0.2) is 76.4 Å².